The summed E-state index contributed by atoms with van der Waals surface area (Å²) in [5, 5.41) is 56.6. The predicted octanol–water partition coefficient (Wildman–Crippen LogP) is -3.86. The second kappa shape index (κ2) is 16.2. The second-order valence-corrected chi connectivity index (χ2v) is 8.66. The molecule has 0 radical (unpaired) electrons. The van der Waals surface area contributed by atoms with Crippen molar-refractivity contribution in [2.75, 3.05) is 6.61 Å². The summed E-state index contributed by atoms with van der Waals surface area (Å²) in [6.07, 6.45) is -6.54. The summed E-state index contributed by atoms with van der Waals surface area (Å²) >= 11 is 0. The lowest BCUT2D eigenvalue weighted by Crippen LogP contribution is -2.60. The van der Waals surface area contributed by atoms with E-state index >= 15 is 0 Å². The molecule has 1 rings (SSSR count). The van der Waals surface area contributed by atoms with Gasteiger partial charge in [-0.25, -0.2) is 0 Å². The highest BCUT2D eigenvalue weighted by Gasteiger charge is 2.37. The SMILES string of the molecule is C=CC[C@H](N)C(=O)N[C@@H](CC(N)=O)C(=O)N[C@@H](CO)[C@@H](O)[C@@H](O)[C@H](O)C(=O)N[C@@H](CC(=O)O)c1ccccc1. The van der Waals surface area contributed by atoms with Gasteiger partial charge in [0.2, 0.25) is 17.7 Å². The van der Waals surface area contributed by atoms with Crippen LogP contribution >= 0.6 is 0 Å². The monoisotopic (exact) mass is 553 g/mol. The Labute approximate surface area is 223 Å². The minimum Gasteiger partial charge on any atom is -0.481 e. The number of carbonyl (C=O) groups excluding carboxylic acids is 4. The molecule has 0 aliphatic carbocycles. The molecular formula is C24H35N5O10. The Kier molecular flexibility index (Phi) is 13.7. The first-order valence-corrected chi connectivity index (χ1v) is 11.8. The van der Waals surface area contributed by atoms with Gasteiger partial charge in [0.15, 0.2) is 6.10 Å². The molecule has 7 atom stereocenters. The molecule has 4 amide bonds. The van der Waals surface area contributed by atoms with Crippen LogP contribution in [0, 0.1) is 0 Å². The summed E-state index contributed by atoms with van der Waals surface area (Å²) in [4.78, 5) is 60.1. The molecule has 1 aromatic carbocycles. The largest absolute Gasteiger partial charge is 0.481 e. The number of amides is 4. The van der Waals surface area contributed by atoms with Crippen LogP contribution in [-0.4, -0.2) is 98.2 Å². The van der Waals surface area contributed by atoms with Gasteiger partial charge in [0.25, 0.3) is 5.91 Å². The van der Waals surface area contributed by atoms with E-state index in [2.05, 4.69) is 22.5 Å². The molecule has 0 unspecified atom stereocenters. The van der Waals surface area contributed by atoms with Crippen molar-refractivity contribution in [3.05, 3.63) is 48.6 Å². The van der Waals surface area contributed by atoms with E-state index in [1.807, 2.05) is 0 Å². The van der Waals surface area contributed by atoms with Crippen molar-refractivity contribution in [1.29, 1.82) is 0 Å². The Morgan fingerprint density at radius 3 is 2.03 bits per heavy atom. The molecule has 0 saturated carbocycles. The summed E-state index contributed by atoms with van der Waals surface area (Å²) in [5.74, 6) is -5.39. The predicted molar refractivity (Wildman–Crippen MR) is 135 cm³/mol. The number of nitrogens with one attached hydrogen (secondary N) is 3. The molecule has 0 aromatic heterocycles. The molecule has 12 N–H and O–H groups in total. The van der Waals surface area contributed by atoms with E-state index in [0.29, 0.717) is 5.56 Å². The number of aliphatic hydroxyl groups is 4. The number of aliphatic hydroxyl groups excluding tert-OH is 4. The number of carboxylic acid groups (broad SMARTS) is 1. The van der Waals surface area contributed by atoms with Crippen LogP contribution in [0.5, 0.6) is 0 Å². The number of hydrogen-bond donors (Lipinski definition) is 10. The van der Waals surface area contributed by atoms with Crippen molar-refractivity contribution in [2.24, 2.45) is 11.5 Å². The fourth-order valence-corrected chi connectivity index (χ4v) is 3.45. The van der Waals surface area contributed by atoms with Crippen molar-refractivity contribution in [3.63, 3.8) is 0 Å². The van der Waals surface area contributed by atoms with E-state index < -0.39 is 91.5 Å². The minimum absolute atomic E-state index is 0.0540. The summed E-state index contributed by atoms with van der Waals surface area (Å²) in [6.45, 7) is 2.43. The second-order valence-electron chi connectivity index (χ2n) is 8.66. The molecule has 0 bridgehead atoms. The average Bonchev–Trinajstić information content (AvgIpc) is 2.89. The Hall–Kier alpha value is -3.89. The van der Waals surface area contributed by atoms with Gasteiger partial charge in [-0.3, -0.25) is 24.0 Å². The van der Waals surface area contributed by atoms with Gasteiger partial charge < -0.3 is 53.0 Å². The molecule has 39 heavy (non-hydrogen) atoms. The highest BCUT2D eigenvalue weighted by Crippen LogP contribution is 2.17. The molecule has 216 valence electrons. The van der Waals surface area contributed by atoms with Gasteiger partial charge in [-0.05, 0) is 12.0 Å². The summed E-state index contributed by atoms with van der Waals surface area (Å²) in [6, 6.07) is 2.49. The number of carbonyl (C=O) groups is 5. The molecule has 0 heterocycles. The number of rotatable bonds is 17. The lowest BCUT2D eigenvalue weighted by molar-refractivity contribution is -0.145. The topological polar surface area (TPSA) is 275 Å². The fraction of sp³-hybridized carbons (Fsp3) is 0.458. The van der Waals surface area contributed by atoms with Crippen LogP contribution < -0.4 is 27.4 Å². The molecule has 0 aliphatic heterocycles. The van der Waals surface area contributed by atoms with E-state index in [4.69, 9.17) is 16.6 Å². The Morgan fingerprint density at radius 2 is 1.51 bits per heavy atom. The zero-order valence-corrected chi connectivity index (χ0v) is 21.0. The Balaban J connectivity index is 2.95. The van der Waals surface area contributed by atoms with Crippen LogP contribution in [0.3, 0.4) is 0 Å². The maximum Gasteiger partial charge on any atom is 0.305 e. The Bertz CT molecular complexity index is 1010. The maximum absolute atomic E-state index is 12.7. The number of nitrogens with two attached hydrogens (primary N) is 2. The highest BCUT2D eigenvalue weighted by atomic mass is 16.4. The normalized spacial score (nSPS) is 16.3. The highest BCUT2D eigenvalue weighted by molar-refractivity contribution is 5.93. The molecule has 0 fully saturated rings. The average molecular weight is 554 g/mol. The summed E-state index contributed by atoms with van der Waals surface area (Å²) in [7, 11) is 0. The van der Waals surface area contributed by atoms with E-state index in [-0.39, 0.29) is 6.42 Å². The van der Waals surface area contributed by atoms with Gasteiger partial charge >= 0.3 is 5.97 Å². The van der Waals surface area contributed by atoms with Crippen molar-refractivity contribution >= 4 is 29.6 Å². The molecule has 15 heteroatoms. The molecule has 0 aliphatic rings. The summed E-state index contributed by atoms with van der Waals surface area (Å²) < 4.78 is 0. The van der Waals surface area contributed by atoms with Crippen LogP contribution in [-0.2, 0) is 24.0 Å². The van der Waals surface area contributed by atoms with E-state index in [1.54, 1.807) is 18.2 Å². The van der Waals surface area contributed by atoms with Gasteiger partial charge in [0.05, 0.1) is 37.6 Å². The zero-order chi connectivity index (χ0) is 29.7. The van der Waals surface area contributed by atoms with E-state index in [0.717, 1.165) is 0 Å². The number of carboxylic acids is 1. The first kappa shape index (κ1) is 33.1. The van der Waals surface area contributed by atoms with Crippen molar-refractivity contribution < 1.29 is 49.5 Å². The van der Waals surface area contributed by atoms with Crippen LogP contribution in [0.4, 0.5) is 0 Å². The first-order valence-electron chi connectivity index (χ1n) is 11.8. The number of benzene rings is 1. The van der Waals surface area contributed by atoms with Crippen molar-refractivity contribution in [3.8, 4) is 0 Å². The lowest BCUT2D eigenvalue weighted by Gasteiger charge is -2.30. The third kappa shape index (κ3) is 10.8. The quantitative estimate of drug-likeness (QED) is 0.0833. The minimum atomic E-state index is -2.32. The van der Waals surface area contributed by atoms with Gasteiger partial charge in [0.1, 0.15) is 18.2 Å². The third-order valence-corrected chi connectivity index (χ3v) is 5.57. The third-order valence-electron chi connectivity index (χ3n) is 5.57. The summed E-state index contributed by atoms with van der Waals surface area (Å²) in [5.41, 5.74) is 11.2. The Morgan fingerprint density at radius 1 is 0.897 bits per heavy atom. The standard InChI is InChI=1S/C24H35N5O10/c1-2-6-13(25)22(37)28-15(9-17(26)31)23(38)29-16(11-30)19(34)20(35)21(36)24(39)27-14(10-18(32)33)12-7-4-3-5-8-12/h2-5,7-8,13-16,19-21,30,34-36H,1,6,9-11,25H2,(H2,26,31)(H,27,39)(H,28,37)(H,29,38)(H,32,33)/t13-,14-,15-,16-,19+,20+,21-/m0/s1. The van der Waals surface area contributed by atoms with Gasteiger partial charge in [0, 0.05) is 0 Å². The number of hydrogen-bond acceptors (Lipinski definition) is 10. The molecule has 15 nitrogen and oxygen atoms in total. The smallest absolute Gasteiger partial charge is 0.305 e. The lowest BCUT2D eigenvalue weighted by atomic mass is 9.98. The van der Waals surface area contributed by atoms with Crippen LogP contribution in [0.15, 0.2) is 43.0 Å². The maximum atomic E-state index is 12.7. The zero-order valence-electron chi connectivity index (χ0n) is 21.0. The van der Waals surface area contributed by atoms with Crippen molar-refractivity contribution in [2.45, 2.75) is 61.7 Å². The number of aliphatic carboxylic acids is 1. The first-order chi connectivity index (χ1) is 18.3. The molecule has 1 aromatic rings. The molecule has 0 saturated heterocycles. The van der Waals surface area contributed by atoms with Crippen LogP contribution in [0.2, 0.25) is 0 Å². The van der Waals surface area contributed by atoms with Gasteiger partial charge in [-0.1, -0.05) is 36.4 Å². The number of primary amides is 1. The van der Waals surface area contributed by atoms with E-state index in [1.165, 1.54) is 18.2 Å². The van der Waals surface area contributed by atoms with E-state index in [9.17, 15) is 44.4 Å². The van der Waals surface area contributed by atoms with Crippen LogP contribution in [0.1, 0.15) is 30.9 Å². The van der Waals surface area contributed by atoms with Gasteiger partial charge in [-0.15, -0.1) is 6.58 Å². The molecule has 0 spiro atoms. The van der Waals surface area contributed by atoms with Crippen LogP contribution in [0.25, 0.3) is 0 Å². The fourth-order valence-electron chi connectivity index (χ4n) is 3.45. The van der Waals surface area contributed by atoms with Gasteiger partial charge in [-0.2, -0.15) is 0 Å². The molecular weight excluding hydrogens is 518 g/mol. The van der Waals surface area contributed by atoms with Crippen molar-refractivity contribution in [1.82, 2.24) is 16.0 Å².